The molecule has 3 N–H and O–H groups in total. The SMILES string of the molecule is CN1CCCC(NC(=O)Nc2cccc(C(=O)O)c2)C1. The Balaban J connectivity index is 1.91. The smallest absolute Gasteiger partial charge is 0.335 e. The van der Waals surface area contributed by atoms with Gasteiger partial charge in [-0.2, -0.15) is 0 Å². The van der Waals surface area contributed by atoms with Crippen molar-refractivity contribution in [1.82, 2.24) is 10.2 Å². The summed E-state index contributed by atoms with van der Waals surface area (Å²) in [6, 6.07) is 6.03. The van der Waals surface area contributed by atoms with Gasteiger partial charge in [0.05, 0.1) is 5.56 Å². The Bertz CT molecular complexity index is 504. The zero-order valence-corrected chi connectivity index (χ0v) is 11.4. The topological polar surface area (TPSA) is 81.7 Å². The summed E-state index contributed by atoms with van der Waals surface area (Å²) in [6.45, 7) is 1.89. The molecule has 2 amide bonds. The van der Waals surface area contributed by atoms with Crippen molar-refractivity contribution in [2.75, 3.05) is 25.5 Å². The number of likely N-dealkylation sites (N-methyl/N-ethyl adjacent to an activating group) is 1. The number of carboxylic acids is 1. The van der Waals surface area contributed by atoms with Crippen LogP contribution in [0.5, 0.6) is 0 Å². The number of aromatic carboxylic acids is 1. The third-order valence-corrected chi connectivity index (χ3v) is 3.33. The van der Waals surface area contributed by atoms with E-state index in [0.717, 1.165) is 25.9 Å². The van der Waals surface area contributed by atoms with Crippen molar-refractivity contribution in [2.45, 2.75) is 18.9 Å². The largest absolute Gasteiger partial charge is 0.478 e. The van der Waals surface area contributed by atoms with Gasteiger partial charge in [-0.25, -0.2) is 9.59 Å². The Kier molecular flexibility index (Phi) is 4.57. The lowest BCUT2D eigenvalue weighted by Gasteiger charge is -2.30. The number of likely N-dealkylation sites (tertiary alicyclic amines) is 1. The summed E-state index contributed by atoms with van der Waals surface area (Å²) < 4.78 is 0. The number of anilines is 1. The molecule has 6 nitrogen and oxygen atoms in total. The summed E-state index contributed by atoms with van der Waals surface area (Å²) in [4.78, 5) is 24.9. The van der Waals surface area contributed by atoms with Crippen LogP contribution in [0, 0.1) is 0 Å². The summed E-state index contributed by atoms with van der Waals surface area (Å²) in [5, 5.41) is 14.5. The van der Waals surface area contributed by atoms with Crippen molar-refractivity contribution in [2.24, 2.45) is 0 Å². The van der Waals surface area contributed by atoms with Gasteiger partial charge in [0.2, 0.25) is 0 Å². The minimum Gasteiger partial charge on any atom is -0.478 e. The highest BCUT2D eigenvalue weighted by Crippen LogP contribution is 2.12. The standard InChI is InChI=1S/C14H19N3O3/c1-17-7-3-6-12(9-17)16-14(20)15-11-5-2-4-10(8-11)13(18)19/h2,4-5,8,12H,3,6-7,9H2,1H3,(H,18,19)(H2,15,16,20). The Labute approximate surface area is 117 Å². The number of amides is 2. The van der Waals surface area contributed by atoms with Crippen LogP contribution in [-0.4, -0.2) is 48.2 Å². The van der Waals surface area contributed by atoms with E-state index in [1.54, 1.807) is 12.1 Å². The summed E-state index contributed by atoms with van der Waals surface area (Å²) in [6.07, 6.45) is 2.03. The number of hydrogen-bond donors (Lipinski definition) is 3. The molecule has 1 atom stereocenters. The Morgan fingerprint density at radius 3 is 2.90 bits per heavy atom. The first-order chi connectivity index (χ1) is 9.54. The van der Waals surface area contributed by atoms with Crippen LogP contribution in [0.25, 0.3) is 0 Å². The van der Waals surface area contributed by atoms with E-state index in [0.29, 0.717) is 5.69 Å². The van der Waals surface area contributed by atoms with Crippen molar-refractivity contribution in [3.8, 4) is 0 Å². The summed E-state index contributed by atoms with van der Waals surface area (Å²) >= 11 is 0. The predicted octanol–water partition coefficient (Wildman–Crippen LogP) is 1.60. The van der Waals surface area contributed by atoms with E-state index < -0.39 is 5.97 Å². The van der Waals surface area contributed by atoms with E-state index >= 15 is 0 Å². The first-order valence-corrected chi connectivity index (χ1v) is 6.64. The van der Waals surface area contributed by atoms with Crippen LogP contribution in [-0.2, 0) is 0 Å². The Morgan fingerprint density at radius 1 is 1.40 bits per heavy atom. The predicted molar refractivity (Wildman–Crippen MR) is 76.1 cm³/mol. The van der Waals surface area contributed by atoms with Crippen molar-refractivity contribution < 1.29 is 14.7 Å². The summed E-state index contributed by atoms with van der Waals surface area (Å²) in [7, 11) is 2.03. The number of piperidine rings is 1. The molecule has 108 valence electrons. The zero-order valence-electron chi connectivity index (χ0n) is 11.4. The molecule has 1 heterocycles. The monoisotopic (exact) mass is 277 g/mol. The van der Waals surface area contributed by atoms with Crippen LogP contribution in [0.15, 0.2) is 24.3 Å². The van der Waals surface area contributed by atoms with Gasteiger partial charge in [0.25, 0.3) is 0 Å². The number of hydrogen-bond acceptors (Lipinski definition) is 3. The second-order valence-electron chi connectivity index (χ2n) is 5.09. The van der Waals surface area contributed by atoms with Crippen LogP contribution in [0.3, 0.4) is 0 Å². The molecule has 20 heavy (non-hydrogen) atoms. The third kappa shape index (κ3) is 3.96. The fourth-order valence-electron chi connectivity index (χ4n) is 2.37. The number of carbonyl (C=O) groups is 2. The summed E-state index contributed by atoms with van der Waals surface area (Å²) in [5.41, 5.74) is 0.631. The van der Waals surface area contributed by atoms with Crippen LogP contribution in [0.2, 0.25) is 0 Å². The molecule has 1 unspecified atom stereocenters. The number of nitrogens with one attached hydrogen (secondary N) is 2. The van der Waals surface area contributed by atoms with Crippen molar-refractivity contribution >= 4 is 17.7 Å². The molecule has 0 radical (unpaired) electrons. The van der Waals surface area contributed by atoms with Gasteiger partial charge >= 0.3 is 12.0 Å². The van der Waals surface area contributed by atoms with Crippen molar-refractivity contribution in [3.05, 3.63) is 29.8 Å². The highest BCUT2D eigenvalue weighted by atomic mass is 16.4. The molecule has 0 spiro atoms. The van der Waals surface area contributed by atoms with Crippen molar-refractivity contribution in [1.29, 1.82) is 0 Å². The number of carbonyl (C=O) groups excluding carboxylic acids is 1. The fraction of sp³-hybridized carbons (Fsp3) is 0.429. The number of nitrogens with zero attached hydrogens (tertiary/aromatic N) is 1. The third-order valence-electron chi connectivity index (χ3n) is 3.33. The minimum atomic E-state index is -1.01. The van der Waals surface area contributed by atoms with Gasteiger partial charge < -0.3 is 20.6 Å². The van der Waals surface area contributed by atoms with Crippen LogP contribution >= 0.6 is 0 Å². The van der Waals surface area contributed by atoms with Gasteiger partial charge in [-0.3, -0.25) is 0 Å². The second-order valence-corrected chi connectivity index (χ2v) is 5.09. The number of carboxylic acid groups (broad SMARTS) is 1. The molecule has 6 heteroatoms. The zero-order chi connectivity index (χ0) is 14.5. The average molecular weight is 277 g/mol. The van der Waals surface area contributed by atoms with E-state index in [1.807, 2.05) is 7.05 Å². The second kappa shape index (κ2) is 6.38. The van der Waals surface area contributed by atoms with Gasteiger partial charge in [-0.05, 0) is 44.6 Å². The number of urea groups is 1. The molecular weight excluding hydrogens is 258 g/mol. The minimum absolute atomic E-state index is 0.136. The van der Waals surface area contributed by atoms with Gasteiger partial charge in [0.15, 0.2) is 0 Å². The maximum Gasteiger partial charge on any atom is 0.335 e. The molecule has 1 aliphatic rings. The molecule has 1 aromatic carbocycles. The van der Waals surface area contributed by atoms with E-state index in [-0.39, 0.29) is 17.6 Å². The molecule has 1 aromatic rings. The molecule has 1 saturated heterocycles. The Morgan fingerprint density at radius 2 is 2.20 bits per heavy atom. The maximum absolute atomic E-state index is 11.9. The number of benzene rings is 1. The van der Waals surface area contributed by atoms with E-state index in [4.69, 9.17) is 5.11 Å². The molecule has 0 aromatic heterocycles. The fourth-order valence-corrected chi connectivity index (χ4v) is 2.37. The summed E-state index contributed by atoms with van der Waals surface area (Å²) in [5.74, 6) is -1.01. The van der Waals surface area contributed by atoms with Gasteiger partial charge in [-0.15, -0.1) is 0 Å². The van der Waals surface area contributed by atoms with Crippen molar-refractivity contribution in [3.63, 3.8) is 0 Å². The highest BCUT2D eigenvalue weighted by molar-refractivity contribution is 5.93. The molecule has 0 saturated carbocycles. The first kappa shape index (κ1) is 14.3. The van der Waals surface area contributed by atoms with Crippen LogP contribution < -0.4 is 10.6 Å². The molecular formula is C14H19N3O3. The molecule has 2 rings (SSSR count). The lowest BCUT2D eigenvalue weighted by Crippen LogP contribution is -2.47. The number of rotatable bonds is 3. The molecule has 1 fully saturated rings. The average Bonchev–Trinajstić information content (AvgIpc) is 2.38. The van der Waals surface area contributed by atoms with E-state index in [9.17, 15) is 9.59 Å². The van der Waals surface area contributed by atoms with E-state index in [2.05, 4.69) is 15.5 Å². The molecule has 1 aliphatic heterocycles. The van der Waals surface area contributed by atoms with Gasteiger partial charge in [0.1, 0.15) is 0 Å². The highest BCUT2D eigenvalue weighted by Gasteiger charge is 2.18. The Hall–Kier alpha value is -2.08. The van der Waals surface area contributed by atoms with Gasteiger partial charge in [-0.1, -0.05) is 6.07 Å². The molecule has 0 bridgehead atoms. The van der Waals surface area contributed by atoms with Gasteiger partial charge in [0, 0.05) is 18.3 Å². The maximum atomic E-state index is 11.9. The van der Waals surface area contributed by atoms with Crippen LogP contribution in [0.4, 0.5) is 10.5 Å². The lowest BCUT2D eigenvalue weighted by atomic mass is 10.1. The molecule has 0 aliphatic carbocycles. The first-order valence-electron chi connectivity index (χ1n) is 6.64. The van der Waals surface area contributed by atoms with Crippen LogP contribution in [0.1, 0.15) is 23.2 Å². The van der Waals surface area contributed by atoms with E-state index in [1.165, 1.54) is 12.1 Å². The quantitative estimate of drug-likeness (QED) is 0.784. The lowest BCUT2D eigenvalue weighted by molar-refractivity contribution is 0.0697. The normalized spacial score (nSPS) is 19.4.